The second-order valence-corrected chi connectivity index (χ2v) is 5.41. The molecule has 2 aromatic rings. The molecular weight excluding hydrogens is 295 g/mol. The first-order valence-corrected chi connectivity index (χ1v) is 7.58. The molecule has 0 amide bonds. The van der Waals surface area contributed by atoms with E-state index in [1.807, 2.05) is 6.07 Å². The minimum Gasteiger partial charge on any atom is -0.439 e. The Labute approximate surface area is 134 Å². The summed E-state index contributed by atoms with van der Waals surface area (Å²) in [5.41, 5.74) is 1.01. The Hall–Kier alpha value is -2.63. The first-order valence-electron chi connectivity index (χ1n) is 7.58. The van der Waals surface area contributed by atoms with E-state index in [9.17, 15) is 4.39 Å². The van der Waals surface area contributed by atoms with Gasteiger partial charge in [-0.3, -0.25) is 4.99 Å². The van der Waals surface area contributed by atoms with Crippen LogP contribution in [0.1, 0.15) is 18.4 Å². The molecule has 1 aromatic carbocycles. The molecular formula is C17H19FN4O. The number of aliphatic imine (C=N–C) groups is 1. The van der Waals surface area contributed by atoms with Crippen LogP contribution in [0.2, 0.25) is 0 Å². The SMILES string of the molecule is CN=C(NCc1ccc(Oc2cccc(F)c2)nc1)NC1CC1. The van der Waals surface area contributed by atoms with Crippen LogP contribution in [-0.2, 0) is 6.54 Å². The quantitative estimate of drug-likeness (QED) is 0.658. The van der Waals surface area contributed by atoms with Gasteiger partial charge in [-0.15, -0.1) is 0 Å². The van der Waals surface area contributed by atoms with E-state index in [1.165, 1.54) is 25.0 Å². The molecule has 3 rings (SSSR count). The fourth-order valence-corrected chi connectivity index (χ4v) is 2.03. The molecule has 6 heteroatoms. The number of ether oxygens (including phenoxy) is 1. The molecule has 0 radical (unpaired) electrons. The molecule has 1 heterocycles. The van der Waals surface area contributed by atoms with E-state index in [4.69, 9.17) is 4.74 Å². The number of rotatable bonds is 5. The third kappa shape index (κ3) is 4.67. The predicted molar refractivity (Wildman–Crippen MR) is 87.1 cm³/mol. The van der Waals surface area contributed by atoms with Crippen LogP contribution in [0.15, 0.2) is 47.6 Å². The van der Waals surface area contributed by atoms with Crippen LogP contribution in [0.5, 0.6) is 11.6 Å². The molecule has 1 saturated carbocycles. The van der Waals surface area contributed by atoms with E-state index in [0.29, 0.717) is 24.2 Å². The van der Waals surface area contributed by atoms with Gasteiger partial charge in [0.2, 0.25) is 5.88 Å². The van der Waals surface area contributed by atoms with Crippen LogP contribution in [0.25, 0.3) is 0 Å². The first-order chi connectivity index (χ1) is 11.2. The molecule has 1 aromatic heterocycles. The highest BCUT2D eigenvalue weighted by Crippen LogP contribution is 2.20. The van der Waals surface area contributed by atoms with Crippen LogP contribution in [-0.4, -0.2) is 24.0 Å². The lowest BCUT2D eigenvalue weighted by Gasteiger charge is -2.11. The normalized spacial score (nSPS) is 14.4. The van der Waals surface area contributed by atoms with Crippen molar-refractivity contribution in [1.82, 2.24) is 15.6 Å². The molecule has 1 aliphatic carbocycles. The van der Waals surface area contributed by atoms with E-state index in [-0.39, 0.29) is 5.82 Å². The van der Waals surface area contributed by atoms with Crippen molar-refractivity contribution >= 4 is 5.96 Å². The Morgan fingerprint density at radius 2 is 2.22 bits per heavy atom. The summed E-state index contributed by atoms with van der Waals surface area (Å²) in [6.07, 6.45) is 4.13. The zero-order valence-corrected chi connectivity index (χ0v) is 12.9. The molecule has 1 fully saturated rings. The van der Waals surface area contributed by atoms with E-state index >= 15 is 0 Å². The Morgan fingerprint density at radius 1 is 1.35 bits per heavy atom. The summed E-state index contributed by atoms with van der Waals surface area (Å²) in [6.45, 7) is 0.625. The van der Waals surface area contributed by atoms with Gasteiger partial charge in [-0.2, -0.15) is 0 Å². The third-order valence-corrected chi connectivity index (χ3v) is 3.42. The largest absolute Gasteiger partial charge is 0.439 e. The van der Waals surface area contributed by atoms with Crippen LogP contribution >= 0.6 is 0 Å². The highest BCUT2D eigenvalue weighted by molar-refractivity contribution is 5.80. The van der Waals surface area contributed by atoms with E-state index in [1.54, 1.807) is 31.4 Å². The predicted octanol–water partition coefficient (Wildman–Crippen LogP) is 2.84. The Morgan fingerprint density at radius 3 is 2.87 bits per heavy atom. The van der Waals surface area contributed by atoms with E-state index < -0.39 is 0 Å². The summed E-state index contributed by atoms with van der Waals surface area (Å²) in [5.74, 6) is 1.32. The van der Waals surface area contributed by atoms with Gasteiger partial charge in [0.1, 0.15) is 11.6 Å². The van der Waals surface area contributed by atoms with Gasteiger partial charge in [-0.05, 0) is 30.5 Å². The maximum absolute atomic E-state index is 13.1. The minimum atomic E-state index is -0.335. The number of nitrogens with one attached hydrogen (secondary N) is 2. The summed E-state index contributed by atoms with van der Waals surface area (Å²) in [4.78, 5) is 8.41. The zero-order valence-electron chi connectivity index (χ0n) is 12.9. The lowest BCUT2D eigenvalue weighted by molar-refractivity contribution is 0.457. The minimum absolute atomic E-state index is 0.335. The number of guanidine groups is 1. The number of hydrogen-bond donors (Lipinski definition) is 2. The van der Waals surface area contributed by atoms with Crippen molar-refractivity contribution in [3.8, 4) is 11.6 Å². The van der Waals surface area contributed by atoms with Crippen molar-refractivity contribution in [3.63, 3.8) is 0 Å². The van der Waals surface area contributed by atoms with Gasteiger partial charge in [0, 0.05) is 38.0 Å². The first kappa shape index (κ1) is 15.3. The van der Waals surface area contributed by atoms with E-state index in [2.05, 4.69) is 20.6 Å². The summed E-state index contributed by atoms with van der Waals surface area (Å²) >= 11 is 0. The topological polar surface area (TPSA) is 58.5 Å². The molecule has 2 N–H and O–H groups in total. The number of halogens is 1. The van der Waals surface area contributed by atoms with Crippen molar-refractivity contribution < 1.29 is 9.13 Å². The lowest BCUT2D eigenvalue weighted by atomic mass is 10.3. The summed E-state index contributed by atoms with van der Waals surface area (Å²) < 4.78 is 18.6. The Bertz CT molecular complexity index is 683. The van der Waals surface area contributed by atoms with Crippen LogP contribution < -0.4 is 15.4 Å². The number of benzene rings is 1. The molecule has 0 bridgehead atoms. The summed E-state index contributed by atoms with van der Waals surface area (Å²) in [6, 6.07) is 10.2. The molecule has 0 saturated heterocycles. The number of aromatic nitrogens is 1. The Kier molecular flexibility index (Phi) is 4.71. The molecule has 0 unspecified atom stereocenters. The summed E-state index contributed by atoms with van der Waals surface area (Å²) in [7, 11) is 1.76. The van der Waals surface area contributed by atoms with Crippen molar-refractivity contribution in [2.45, 2.75) is 25.4 Å². The monoisotopic (exact) mass is 314 g/mol. The van der Waals surface area contributed by atoms with Gasteiger partial charge in [0.15, 0.2) is 5.96 Å². The molecule has 1 aliphatic rings. The summed E-state index contributed by atoms with van der Waals surface area (Å²) in [5, 5.41) is 6.56. The van der Waals surface area contributed by atoms with Crippen LogP contribution in [0.4, 0.5) is 4.39 Å². The molecule has 120 valence electrons. The number of nitrogens with zero attached hydrogens (tertiary/aromatic N) is 2. The molecule has 0 aliphatic heterocycles. The van der Waals surface area contributed by atoms with Gasteiger partial charge in [-0.25, -0.2) is 9.37 Å². The van der Waals surface area contributed by atoms with Crippen LogP contribution in [0.3, 0.4) is 0 Å². The average molecular weight is 314 g/mol. The smallest absolute Gasteiger partial charge is 0.219 e. The number of hydrogen-bond acceptors (Lipinski definition) is 3. The van der Waals surface area contributed by atoms with Crippen molar-refractivity contribution in [1.29, 1.82) is 0 Å². The molecule has 23 heavy (non-hydrogen) atoms. The fraction of sp³-hybridized carbons (Fsp3) is 0.294. The maximum atomic E-state index is 13.1. The zero-order chi connectivity index (χ0) is 16.1. The van der Waals surface area contributed by atoms with Gasteiger partial charge in [0.05, 0.1) is 0 Å². The van der Waals surface area contributed by atoms with Gasteiger partial charge in [0.25, 0.3) is 0 Å². The highest BCUT2D eigenvalue weighted by atomic mass is 19.1. The molecule has 5 nitrogen and oxygen atoms in total. The fourth-order valence-electron chi connectivity index (χ4n) is 2.03. The van der Waals surface area contributed by atoms with Gasteiger partial charge < -0.3 is 15.4 Å². The van der Waals surface area contributed by atoms with E-state index in [0.717, 1.165) is 11.5 Å². The Balaban J connectivity index is 1.54. The molecule has 0 spiro atoms. The van der Waals surface area contributed by atoms with Crippen molar-refractivity contribution in [2.75, 3.05) is 7.05 Å². The second-order valence-electron chi connectivity index (χ2n) is 5.41. The van der Waals surface area contributed by atoms with Gasteiger partial charge in [-0.1, -0.05) is 12.1 Å². The molecule has 0 atom stereocenters. The van der Waals surface area contributed by atoms with Gasteiger partial charge >= 0.3 is 0 Å². The number of pyridine rings is 1. The lowest BCUT2D eigenvalue weighted by Crippen LogP contribution is -2.38. The highest BCUT2D eigenvalue weighted by Gasteiger charge is 2.21. The second kappa shape index (κ2) is 7.09. The standard InChI is InChI=1S/C17H19FN4O/c1-19-17(22-14-6-7-14)21-11-12-5-8-16(20-10-12)23-15-4-2-3-13(18)9-15/h2-5,8-10,14H,6-7,11H2,1H3,(H2,19,21,22). The average Bonchev–Trinajstić information content (AvgIpc) is 3.37. The van der Waals surface area contributed by atoms with Crippen molar-refractivity contribution in [3.05, 3.63) is 54.0 Å². The maximum Gasteiger partial charge on any atom is 0.219 e. The van der Waals surface area contributed by atoms with Crippen LogP contribution in [0, 0.1) is 5.82 Å². The third-order valence-electron chi connectivity index (χ3n) is 3.42. The van der Waals surface area contributed by atoms with Crippen molar-refractivity contribution in [2.24, 2.45) is 4.99 Å².